The number of thioether (sulfide) groups is 1. The SMILES string of the molecule is CSC(=Nc1cccc2cn[nH]c12)NC#N. The normalized spacial score (nSPS) is 11.4. The molecule has 80 valence electrons. The Hall–Kier alpha value is -2.00. The summed E-state index contributed by atoms with van der Waals surface area (Å²) in [5.41, 5.74) is 1.64. The van der Waals surface area contributed by atoms with Gasteiger partial charge in [-0.1, -0.05) is 23.9 Å². The number of hydrogen-bond acceptors (Lipinski definition) is 4. The second kappa shape index (κ2) is 4.68. The summed E-state index contributed by atoms with van der Waals surface area (Å²) in [6, 6.07) is 5.73. The molecule has 0 radical (unpaired) electrons. The van der Waals surface area contributed by atoms with Gasteiger partial charge in [-0.25, -0.2) is 4.99 Å². The predicted octanol–water partition coefficient (Wildman–Crippen LogP) is 1.98. The smallest absolute Gasteiger partial charge is 0.183 e. The van der Waals surface area contributed by atoms with E-state index in [4.69, 9.17) is 5.26 Å². The van der Waals surface area contributed by atoms with Crippen molar-refractivity contribution in [3.8, 4) is 6.19 Å². The second-order valence-corrected chi connectivity index (χ2v) is 3.76. The zero-order chi connectivity index (χ0) is 11.4. The highest BCUT2D eigenvalue weighted by atomic mass is 32.2. The standard InChI is InChI=1S/C10H9N5S/c1-16-10(12-6-11)14-8-4-2-3-7-5-13-15-9(7)8/h2-5H,1H3,(H,12,14)(H,13,15). The fourth-order valence-electron chi connectivity index (χ4n) is 1.33. The van der Waals surface area contributed by atoms with Gasteiger partial charge in [0.15, 0.2) is 11.4 Å². The van der Waals surface area contributed by atoms with Gasteiger partial charge in [0.25, 0.3) is 0 Å². The number of nitriles is 1. The number of rotatable bonds is 1. The van der Waals surface area contributed by atoms with Crippen LogP contribution in [0.25, 0.3) is 10.9 Å². The highest BCUT2D eigenvalue weighted by molar-refractivity contribution is 8.13. The van der Waals surface area contributed by atoms with Gasteiger partial charge in [-0.3, -0.25) is 10.4 Å². The van der Waals surface area contributed by atoms with Gasteiger partial charge in [-0.15, -0.1) is 0 Å². The molecule has 0 spiro atoms. The van der Waals surface area contributed by atoms with Crippen LogP contribution in [0, 0.1) is 11.5 Å². The zero-order valence-electron chi connectivity index (χ0n) is 8.56. The summed E-state index contributed by atoms with van der Waals surface area (Å²) in [6.45, 7) is 0. The summed E-state index contributed by atoms with van der Waals surface area (Å²) in [7, 11) is 0. The number of hydrogen-bond donors (Lipinski definition) is 2. The molecule has 0 fully saturated rings. The molecule has 0 aliphatic rings. The van der Waals surface area contributed by atoms with Crippen LogP contribution in [0.4, 0.5) is 5.69 Å². The summed E-state index contributed by atoms with van der Waals surface area (Å²) >= 11 is 1.38. The van der Waals surface area contributed by atoms with Gasteiger partial charge in [0.1, 0.15) is 0 Å². The van der Waals surface area contributed by atoms with Gasteiger partial charge in [-0.05, 0) is 12.3 Å². The van der Waals surface area contributed by atoms with Crippen LogP contribution >= 0.6 is 11.8 Å². The molecule has 6 heteroatoms. The maximum absolute atomic E-state index is 8.54. The Morgan fingerprint density at radius 3 is 3.25 bits per heavy atom. The second-order valence-electron chi connectivity index (χ2n) is 2.97. The van der Waals surface area contributed by atoms with E-state index in [-0.39, 0.29) is 0 Å². The monoisotopic (exact) mass is 231 g/mol. The van der Waals surface area contributed by atoms with Crippen molar-refractivity contribution in [3.63, 3.8) is 0 Å². The molecule has 16 heavy (non-hydrogen) atoms. The van der Waals surface area contributed by atoms with Crippen molar-refractivity contribution >= 4 is 33.5 Å². The van der Waals surface area contributed by atoms with Gasteiger partial charge < -0.3 is 0 Å². The van der Waals surface area contributed by atoms with Crippen molar-refractivity contribution < 1.29 is 0 Å². The third kappa shape index (κ3) is 1.99. The number of H-pyrrole nitrogens is 1. The topological polar surface area (TPSA) is 76.9 Å². The van der Waals surface area contributed by atoms with Crippen LogP contribution in [0.5, 0.6) is 0 Å². The predicted molar refractivity (Wildman–Crippen MR) is 65.5 cm³/mol. The lowest BCUT2D eigenvalue weighted by Gasteiger charge is -2.00. The van der Waals surface area contributed by atoms with E-state index in [9.17, 15) is 0 Å². The highest BCUT2D eigenvalue weighted by Crippen LogP contribution is 2.24. The summed E-state index contributed by atoms with van der Waals surface area (Å²) in [5.74, 6) is 0. The van der Waals surface area contributed by atoms with E-state index in [1.165, 1.54) is 11.8 Å². The average Bonchev–Trinajstić information content (AvgIpc) is 2.77. The number of benzene rings is 1. The van der Waals surface area contributed by atoms with Crippen molar-refractivity contribution in [1.82, 2.24) is 15.5 Å². The van der Waals surface area contributed by atoms with Crippen molar-refractivity contribution in [3.05, 3.63) is 24.4 Å². The summed E-state index contributed by atoms with van der Waals surface area (Å²) < 4.78 is 0. The first-order valence-corrected chi connectivity index (χ1v) is 5.77. The molecule has 0 aliphatic carbocycles. The number of aromatic nitrogens is 2. The van der Waals surface area contributed by atoms with Crippen LogP contribution in [0.1, 0.15) is 0 Å². The summed E-state index contributed by atoms with van der Waals surface area (Å²) in [6.07, 6.45) is 5.45. The fraction of sp³-hybridized carbons (Fsp3) is 0.100. The molecule has 2 rings (SSSR count). The van der Waals surface area contributed by atoms with E-state index in [2.05, 4.69) is 20.5 Å². The van der Waals surface area contributed by atoms with E-state index in [1.807, 2.05) is 30.6 Å². The van der Waals surface area contributed by atoms with Crippen molar-refractivity contribution in [2.75, 3.05) is 6.26 Å². The first-order valence-electron chi connectivity index (χ1n) is 4.55. The van der Waals surface area contributed by atoms with Crippen LogP contribution in [0.15, 0.2) is 29.4 Å². The Kier molecular flexibility index (Phi) is 3.08. The highest BCUT2D eigenvalue weighted by Gasteiger charge is 2.02. The maximum Gasteiger partial charge on any atom is 0.183 e. The van der Waals surface area contributed by atoms with Gasteiger partial charge in [0.2, 0.25) is 0 Å². The van der Waals surface area contributed by atoms with Crippen LogP contribution in [0.3, 0.4) is 0 Å². The van der Waals surface area contributed by atoms with Crippen molar-refractivity contribution in [2.24, 2.45) is 4.99 Å². The third-order valence-electron chi connectivity index (χ3n) is 2.03. The minimum absolute atomic E-state index is 0.560. The molecular formula is C10H9N5S. The molecule has 1 aromatic heterocycles. The number of nitrogens with one attached hydrogen (secondary N) is 2. The van der Waals surface area contributed by atoms with Crippen molar-refractivity contribution in [1.29, 1.82) is 5.26 Å². The molecule has 0 aliphatic heterocycles. The molecule has 0 bridgehead atoms. The van der Waals surface area contributed by atoms with E-state index in [0.717, 1.165) is 16.6 Å². The lowest BCUT2D eigenvalue weighted by Crippen LogP contribution is -2.12. The molecule has 0 unspecified atom stereocenters. The minimum atomic E-state index is 0.560. The Labute approximate surface area is 96.6 Å². The molecule has 1 aromatic carbocycles. The van der Waals surface area contributed by atoms with E-state index in [1.54, 1.807) is 6.20 Å². The third-order valence-corrected chi connectivity index (χ3v) is 2.61. The van der Waals surface area contributed by atoms with Gasteiger partial charge in [-0.2, -0.15) is 10.4 Å². The van der Waals surface area contributed by atoms with Gasteiger partial charge in [0, 0.05) is 5.39 Å². The quantitative estimate of drug-likeness (QED) is 0.340. The lowest BCUT2D eigenvalue weighted by molar-refractivity contribution is 1.12. The number of para-hydroxylation sites is 1. The van der Waals surface area contributed by atoms with Crippen LogP contribution < -0.4 is 5.32 Å². The molecule has 1 heterocycles. The largest absolute Gasteiger partial charge is 0.276 e. The fourth-order valence-corrected chi connectivity index (χ4v) is 1.67. The molecule has 0 saturated heterocycles. The molecule has 2 N–H and O–H groups in total. The number of aromatic amines is 1. The number of nitrogens with zero attached hydrogens (tertiary/aromatic N) is 3. The molecule has 0 saturated carbocycles. The molecular weight excluding hydrogens is 222 g/mol. The zero-order valence-corrected chi connectivity index (χ0v) is 9.38. The van der Waals surface area contributed by atoms with E-state index >= 15 is 0 Å². The molecule has 0 atom stereocenters. The Morgan fingerprint density at radius 1 is 1.62 bits per heavy atom. The number of amidine groups is 1. The Morgan fingerprint density at radius 2 is 2.50 bits per heavy atom. The van der Waals surface area contributed by atoms with Crippen LogP contribution in [0.2, 0.25) is 0 Å². The molecule has 0 amide bonds. The summed E-state index contributed by atoms with van der Waals surface area (Å²) in [5, 5.41) is 19.5. The maximum atomic E-state index is 8.54. The Balaban J connectivity index is 2.47. The summed E-state index contributed by atoms with van der Waals surface area (Å²) in [4.78, 5) is 4.34. The van der Waals surface area contributed by atoms with Crippen molar-refractivity contribution in [2.45, 2.75) is 0 Å². The average molecular weight is 231 g/mol. The van der Waals surface area contributed by atoms with Gasteiger partial charge in [0.05, 0.1) is 17.4 Å². The van der Waals surface area contributed by atoms with Gasteiger partial charge >= 0.3 is 0 Å². The first kappa shape index (κ1) is 10.5. The Bertz CT molecular complexity index is 566. The minimum Gasteiger partial charge on any atom is -0.276 e. The van der Waals surface area contributed by atoms with Crippen LogP contribution in [-0.2, 0) is 0 Å². The molecule has 2 aromatic rings. The first-order chi connectivity index (χ1) is 7.85. The van der Waals surface area contributed by atoms with E-state index < -0.39 is 0 Å². The number of fused-ring (bicyclic) bond motifs is 1. The van der Waals surface area contributed by atoms with Crippen LogP contribution in [-0.4, -0.2) is 21.6 Å². The van der Waals surface area contributed by atoms with E-state index in [0.29, 0.717) is 5.17 Å². The number of aliphatic imine (C=N–C) groups is 1. The molecule has 5 nitrogen and oxygen atoms in total. The lowest BCUT2D eigenvalue weighted by atomic mass is 10.2.